The van der Waals surface area contributed by atoms with Crippen LogP contribution in [0.15, 0.2) is 42.5 Å². The average Bonchev–Trinajstić information content (AvgIpc) is 3.13. The van der Waals surface area contributed by atoms with Gasteiger partial charge >= 0.3 is 11.9 Å². The summed E-state index contributed by atoms with van der Waals surface area (Å²) in [6.45, 7) is 3.14. The molecule has 1 saturated heterocycles. The Morgan fingerprint density at radius 1 is 1.24 bits per heavy atom. The number of carboxylic acids is 1. The first-order chi connectivity index (χ1) is 15.2. The van der Waals surface area contributed by atoms with E-state index in [9.17, 15) is 24.3 Å². The number of halogens is 1. The fourth-order valence-corrected chi connectivity index (χ4v) is 4.99. The maximum Gasteiger partial charge on any atom is 0.332 e. The Morgan fingerprint density at radius 2 is 1.91 bits per heavy atom. The quantitative estimate of drug-likeness (QED) is 0.240. The number of ketones is 2. The molecule has 33 heavy (non-hydrogen) atoms. The van der Waals surface area contributed by atoms with Crippen molar-refractivity contribution in [3.05, 3.63) is 48.0 Å². The van der Waals surface area contributed by atoms with Crippen molar-refractivity contribution < 1.29 is 29.0 Å². The summed E-state index contributed by atoms with van der Waals surface area (Å²) in [5.41, 5.74) is 4.27. The second kappa shape index (κ2) is 11.0. The number of hydrogen-bond donors (Lipinski definition) is 2. The summed E-state index contributed by atoms with van der Waals surface area (Å²) in [4.78, 5) is 53.5. The van der Waals surface area contributed by atoms with Crippen LogP contribution in [0.5, 0.6) is 0 Å². The lowest BCUT2D eigenvalue weighted by Crippen LogP contribution is -2.66. The minimum absolute atomic E-state index is 0. The summed E-state index contributed by atoms with van der Waals surface area (Å²) in [5, 5.41) is 10.3. The molecule has 3 N–H and O–H groups in total. The third-order valence-corrected chi connectivity index (χ3v) is 6.38. The lowest BCUT2D eigenvalue weighted by atomic mass is 9.82. The normalized spacial score (nSPS) is 25.9. The molecular formula is C24H31ClN2O6. The topological polar surface area (TPSA) is 127 Å². The highest BCUT2D eigenvalue weighted by Crippen LogP contribution is 2.46. The van der Waals surface area contributed by atoms with Gasteiger partial charge in [-0.25, -0.2) is 4.79 Å². The molecule has 1 aromatic rings. The van der Waals surface area contributed by atoms with Gasteiger partial charge in [0.05, 0.1) is 12.6 Å². The van der Waals surface area contributed by atoms with Crippen LogP contribution in [0.25, 0.3) is 0 Å². The highest BCUT2D eigenvalue weighted by molar-refractivity contribution is 6.11. The number of carboxylic acid groups (broad SMARTS) is 1. The van der Waals surface area contributed by atoms with Crippen LogP contribution in [0.1, 0.15) is 49.9 Å². The first kappa shape index (κ1) is 26.7. The number of carbonyl (C=O) groups excluding carboxylic acids is 3. The van der Waals surface area contributed by atoms with Crippen LogP contribution in [0.2, 0.25) is 0 Å². The predicted octanol–water partition coefficient (Wildman–Crippen LogP) is 2.39. The molecule has 3 rings (SSSR count). The molecule has 0 radical (unpaired) electrons. The molecule has 5 atom stereocenters. The first-order valence-corrected chi connectivity index (χ1v) is 11.0. The third kappa shape index (κ3) is 5.03. The van der Waals surface area contributed by atoms with Crippen molar-refractivity contribution in [2.24, 2.45) is 11.7 Å². The molecule has 2 aliphatic rings. The number of carbonyl (C=O) groups is 4. The summed E-state index contributed by atoms with van der Waals surface area (Å²) >= 11 is 0. The van der Waals surface area contributed by atoms with Gasteiger partial charge in [-0.2, -0.15) is 0 Å². The van der Waals surface area contributed by atoms with Crippen LogP contribution in [-0.2, 0) is 19.1 Å². The van der Waals surface area contributed by atoms with Gasteiger partial charge in [-0.15, -0.1) is 12.4 Å². The Bertz CT molecular complexity index is 919. The maximum atomic E-state index is 13.3. The number of nitrogens with two attached hydrogens (primary N) is 1. The molecule has 180 valence electrons. The van der Waals surface area contributed by atoms with E-state index in [4.69, 9.17) is 10.5 Å². The molecule has 8 nitrogen and oxygen atoms in total. The predicted molar refractivity (Wildman–Crippen MR) is 124 cm³/mol. The van der Waals surface area contributed by atoms with Gasteiger partial charge in [0.15, 0.2) is 17.1 Å². The number of hydrogen-bond acceptors (Lipinski definition) is 7. The molecule has 1 fully saturated rings. The lowest BCUT2D eigenvalue weighted by Gasteiger charge is -2.41. The van der Waals surface area contributed by atoms with E-state index in [-0.39, 0.29) is 43.6 Å². The van der Waals surface area contributed by atoms with Crippen molar-refractivity contribution in [1.82, 2.24) is 4.90 Å². The molecule has 0 amide bonds. The standard InChI is InChI=1S/C24H30N2O6.ClH/c1-3-32-22(29)19(13-20(27)16-9-5-4-6-10-16)26-18-12-8-7-11-17(18)14-24(26,23(30)31)21(28)15(2)25;/h4-6,8-10,12,15,17-19H,3,7,11,13-14,25H2,1-2H3,(H,30,31);1H/t15?,17-,18-,19+,24+;/m1./s1. The highest BCUT2D eigenvalue weighted by Gasteiger charge is 2.64. The van der Waals surface area contributed by atoms with E-state index < -0.39 is 41.4 Å². The van der Waals surface area contributed by atoms with E-state index in [0.717, 1.165) is 6.42 Å². The second-order valence-electron chi connectivity index (χ2n) is 8.45. The van der Waals surface area contributed by atoms with Gasteiger partial charge in [0.25, 0.3) is 0 Å². The van der Waals surface area contributed by atoms with Gasteiger partial charge < -0.3 is 15.6 Å². The van der Waals surface area contributed by atoms with Crippen LogP contribution in [0.4, 0.5) is 0 Å². The zero-order valence-corrected chi connectivity index (χ0v) is 19.6. The first-order valence-electron chi connectivity index (χ1n) is 11.0. The van der Waals surface area contributed by atoms with Crippen LogP contribution >= 0.6 is 12.4 Å². The molecule has 1 unspecified atom stereocenters. The van der Waals surface area contributed by atoms with Crippen LogP contribution in [0, 0.1) is 5.92 Å². The third-order valence-electron chi connectivity index (χ3n) is 6.38. The van der Waals surface area contributed by atoms with Gasteiger partial charge in [0, 0.05) is 18.0 Å². The number of nitrogens with zero attached hydrogens (tertiary/aromatic N) is 1. The Kier molecular flexibility index (Phi) is 8.94. The summed E-state index contributed by atoms with van der Waals surface area (Å²) in [6.07, 6.45) is 4.93. The van der Waals surface area contributed by atoms with E-state index in [0.29, 0.717) is 12.0 Å². The fraction of sp³-hybridized carbons (Fsp3) is 0.500. The molecule has 0 spiro atoms. The van der Waals surface area contributed by atoms with Crippen molar-refractivity contribution in [1.29, 1.82) is 0 Å². The number of benzene rings is 1. The Balaban J connectivity index is 0.00000385. The maximum absolute atomic E-state index is 13.3. The number of aliphatic carboxylic acids is 1. The summed E-state index contributed by atoms with van der Waals surface area (Å²) in [7, 11) is 0. The molecule has 0 bridgehead atoms. The molecule has 0 aromatic heterocycles. The Hall–Kier alpha value is -2.55. The summed E-state index contributed by atoms with van der Waals surface area (Å²) in [5.74, 6) is -3.24. The molecule has 1 aliphatic heterocycles. The zero-order chi connectivity index (χ0) is 23.5. The SMILES string of the molecule is CCOC(=O)[C@H](CC(=O)c1ccccc1)N1[C@@H]2C=CCC[C@@H]2C[C@@]1(C(=O)O)C(=O)C(C)N.Cl. The summed E-state index contributed by atoms with van der Waals surface area (Å²) in [6, 6.07) is 5.69. The smallest absolute Gasteiger partial charge is 0.332 e. The minimum Gasteiger partial charge on any atom is -0.480 e. The number of Topliss-reactive ketones (excluding diaryl/α,β-unsaturated/α-hetero) is 2. The van der Waals surface area contributed by atoms with Gasteiger partial charge in [-0.3, -0.25) is 19.3 Å². The number of rotatable bonds is 9. The van der Waals surface area contributed by atoms with Gasteiger partial charge in [-0.1, -0.05) is 42.5 Å². The number of esters is 1. The van der Waals surface area contributed by atoms with Crippen molar-refractivity contribution in [3.8, 4) is 0 Å². The van der Waals surface area contributed by atoms with Crippen molar-refractivity contribution in [3.63, 3.8) is 0 Å². The van der Waals surface area contributed by atoms with E-state index in [1.165, 1.54) is 11.8 Å². The summed E-state index contributed by atoms with van der Waals surface area (Å²) < 4.78 is 5.25. The molecule has 1 aromatic carbocycles. The van der Waals surface area contributed by atoms with E-state index in [1.807, 2.05) is 12.2 Å². The van der Waals surface area contributed by atoms with Crippen molar-refractivity contribution in [2.75, 3.05) is 6.61 Å². The minimum atomic E-state index is -2.01. The number of fused-ring (bicyclic) bond motifs is 1. The Labute approximate surface area is 199 Å². The molecule has 0 saturated carbocycles. The molecule has 9 heteroatoms. The van der Waals surface area contributed by atoms with Gasteiger partial charge in [-0.05, 0) is 39.0 Å². The largest absolute Gasteiger partial charge is 0.480 e. The fourth-order valence-electron chi connectivity index (χ4n) is 4.99. The lowest BCUT2D eigenvalue weighted by molar-refractivity contribution is -0.164. The van der Waals surface area contributed by atoms with Gasteiger partial charge in [0.1, 0.15) is 6.04 Å². The monoisotopic (exact) mass is 478 g/mol. The van der Waals surface area contributed by atoms with E-state index in [1.54, 1.807) is 37.3 Å². The van der Waals surface area contributed by atoms with Crippen LogP contribution < -0.4 is 5.73 Å². The Morgan fingerprint density at radius 3 is 2.48 bits per heavy atom. The number of likely N-dealkylation sites (tertiary alicyclic amines) is 1. The van der Waals surface area contributed by atoms with Gasteiger partial charge in [0.2, 0.25) is 0 Å². The number of ether oxygens (including phenoxy) is 1. The van der Waals surface area contributed by atoms with E-state index in [2.05, 4.69) is 0 Å². The highest BCUT2D eigenvalue weighted by atomic mass is 35.5. The average molecular weight is 479 g/mol. The number of allylic oxidation sites excluding steroid dienone is 1. The molecular weight excluding hydrogens is 448 g/mol. The second-order valence-corrected chi connectivity index (χ2v) is 8.45. The van der Waals surface area contributed by atoms with E-state index >= 15 is 0 Å². The van der Waals surface area contributed by atoms with Crippen molar-refractivity contribution in [2.45, 2.75) is 63.2 Å². The molecule has 1 aliphatic carbocycles. The van der Waals surface area contributed by atoms with Crippen molar-refractivity contribution >= 4 is 35.9 Å². The van der Waals surface area contributed by atoms with Crippen LogP contribution in [-0.4, -0.2) is 63.8 Å². The van der Waals surface area contributed by atoms with Crippen LogP contribution in [0.3, 0.4) is 0 Å². The molecule has 1 heterocycles. The zero-order valence-electron chi connectivity index (χ0n) is 18.8.